The zero-order valence-corrected chi connectivity index (χ0v) is 12.9. The Labute approximate surface area is 135 Å². The molecule has 0 unspecified atom stereocenters. The Morgan fingerprint density at radius 3 is 2.35 bits per heavy atom. The molecule has 0 aliphatic carbocycles. The van der Waals surface area contributed by atoms with Crippen molar-refractivity contribution in [2.75, 3.05) is 7.11 Å². The molecule has 10 heteroatoms. The van der Waals surface area contributed by atoms with Crippen LogP contribution in [0.4, 0.5) is 13.2 Å². The molecule has 0 radical (unpaired) electrons. The summed E-state index contributed by atoms with van der Waals surface area (Å²) in [7, 11) is 1.28. The van der Waals surface area contributed by atoms with E-state index in [2.05, 4.69) is 15.9 Å². The molecule has 2 rings (SSSR count). The molecule has 118 valence electrons. The minimum Gasteiger partial charge on any atom is -0.495 e. The standard InChI is InChI=1S/C13H6BrF3N4O2/c1-23-11-3-8(7(15)2-6(11)14)20-9(4-18)10(5-19)21(12(16)17)13(20)22/h2-3,12H,1H3. The largest absolute Gasteiger partial charge is 0.495 e. The average molecular weight is 387 g/mol. The summed E-state index contributed by atoms with van der Waals surface area (Å²) in [5.74, 6) is -0.854. The molecule has 0 spiro atoms. The third-order valence-electron chi connectivity index (χ3n) is 2.96. The van der Waals surface area contributed by atoms with Crippen molar-refractivity contribution in [3.8, 4) is 23.6 Å². The predicted molar refractivity (Wildman–Crippen MR) is 74.9 cm³/mol. The molecule has 1 aromatic heterocycles. The van der Waals surface area contributed by atoms with Gasteiger partial charge >= 0.3 is 12.2 Å². The number of methoxy groups -OCH3 is 1. The first-order chi connectivity index (χ1) is 10.9. The van der Waals surface area contributed by atoms with Crippen molar-refractivity contribution in [2.24, 2.45) is 0 Å². The number of nitriles is 2. The van der Waals surface area contributed by atoms with Gasteiger partial charge in [0.1, 0.15) is 23.7 Å². The molecular weight excluding hydrogens is 381 g/mol. The summed E-state index contributed by atoms with van der Waals surface area (Å²) < 4.78 is 45.6. The lowest BCUT2D eigenvalue weighted by Gasteiger charge is -2.09. The Morgan fingerprint density at radius 1 is 1.26 bits per heavy atom. The molecule has 0 atom stereocenters. The number of imidazole rings is 1. The van der Waals surface area contributed by atoms with Crippen molar-refractivity contribution in [3.63, 3.8) is 0 Å². The summed E-state index contributed by atoms with van der Waals surface area (Å²) in [6.07, 6.45) is 0. The van der Waals surface area contributed by atoms with Crippen molar-refractivity contribution in [1.82, 2.24) is 9.13 Å². The maximum absolute atomic E-state index is 14.2. The molecule has 2 aromatic rings. The summed E-state index contributed by atoms with van der Waals surface area (Å²) in [5, 5.41) is 18.0. The molecule has 0 aliphatic heterocycles. The average Bonchev–Trinajstić information content (AvgIpc) is 2.79. The summed E-state index contributed by atoms with van der Waals surface area (Å²) in [4.78, 5) is 12.1. The van der Waals surface area contributed by atoms with E-state index in [4.69, 9.17) is 15.3 Å². The summed E-state index contributed by atoms with van der Waals surface area (Å²) in [6.45, 7) is -3.36. The highest BCUT2D eigenvalue weighted by Gasteiger charge is 2.27. The van der Waals surface area contributed by atoms with Crippen LogP contribution in [0.1, 0.15) is 17.9 Å². The first-order valence-corrected chi connectivity index (χ1v) is 6.65. The van der Waals surface area contributed by atoms with Gasteiger partial charge in [-0.3, -0.25) is 0 Å². The van der Waals surface area contributed by atoms with Crippen LogP contribution in [-0.2, 0) is 0 Å². The van der Waals surface area contributed by atoms with Crippen LogP contribution in [0, 0.1) is 28.5 Å². The number of alkyl halides is 2. The number of ether oxygens (including phenoxy) is 1. The fourth-order valence-electron chi connectivity index (χ4n) is 1.98. The van der Waals surface area contributed by atoms with Crippen molar-refractivity contribution in [1.29, 1.82) is 10.5 Å². The molecule has 0 N–H and O–H groups in total. The van der Waals surface area contributed by atoms with E-state index in [1.165, 1.54) is 19.2 Å². The first-order valence-electron chi connectivity index (χ1n) is 5.86. The van der Waals surface area contributed by atoms with Gasteiger partial charge in [-0.05, 0) is 22.0 Å². The second kappa shape index (κ2) is 6.18. The molecule has 0 saturated carbocycles. The van der Waals surface area contributed by atoms with Gasteiger partial charge in [0.25, 0.3) is 0 Å². The highest BCUT2D eigenvalue weighted by molar-refractivity contribution is 9.10. The van der Waals surface area contributed by atoms with Gasteiger partial charge in [0.2, 0.25) is 0 Å². The van der Waals surface area contributed by atoms with Crippen molar-refractivity contribution >= 4 is 15.9 Å². The van der Waals surface area contributed by atoms with E-state index in [0.29, 0.717) is 4.57 Å². The van der Waals surface area contributed by atoms with Crippen molar-refractivity contribution < 1.29 is 17.9 Å². The summed E-state index contributed by atoms with van der Waals surface area (Å²) >= 11 is 3.03. The molecule has 23 heavy (non-hydrogen) atoms. The number of hydrogen-bond acceptors (Lipinski definition) is 4. The minimum atomic E-state index is -3.36. The Hall–Kier alpha value is -2.72. The summed E-state index contributed by atoms with van der Waals surface area (Å²) in [6, 6.07) is 4.85. The normalized spacial score (nSPS) is 10.4. The number of benzene rings is 1. The quantitative estimate of drug-likeness (QED) is 0.811. The Morgan fingerprint density at radius 2 is 1.87 bits per heavy atom. The van der Waals surface area contributed by atoms with Crippen LogP contribution in [0.2, 0.25) is 0 Å². The molecule has 0 aliphatic rings. The van der Waals surface area contributed by atoms with Crippen molar-refractivity contribution in [2.45, 2.75) is 6.55 Å². The minimum absolute atomic E-state index is 0.112. The van der Waals surface area contributed by atoms with Gasteiger partial charge in [-0.2, -0.15) is 19.3 Å². The third-order valence-corrected chi connectivity index (χ3v) is 3.58. The number of halogens is 4. The molecule has 6 nitrogen and oxygen atoms in total. The Kier molecular flexibility index (Phi) is 4.48. The monoisotopic (exact) mass is 386 g/mol. The maximum Gasteiger partial charge on any atom is 0.339 e. The highest BCUT2D eigenvalue weighted by Crippen LogP contribution is 2.30. The van der Waals surface area contributed by atoms with Crippen molar-refractivity contribution in [3.05, 3.63) is 44.3 Å². The SMILES string of the molecule is COc1cc(-n2c(C#N)c(C#N)n(C(F)F)c2=O)c(F)cc1Br. The van der Waals surface area contributed by atoms with Gasteiger partial charge in [0.05, 0.1) is 17.3 Å². The van der Waals surface area contributed by atoms with E-state index in [9.17, 15) is 18.0 Å². The molecular formula is C13H6BrF3N4O2. The van der Waals surface area contributed by atoms with Gasteiger partial charge in [0.15, 0.2) is 11.4 Å². The van der Waals surface area contributed by atoms with E-state index in [0.717, 1.165) is 12.1 Å². The van der Waals surface area contributed by atoms with E-state index in [-0.39, 0.29) is 14.8 Å². The zero-order chi connectivity index (χ0) is 17.3. The first kappa shape index (κ1) is 16.6. The Bertz CT molecular complexity index is 921. The lowest BCUT2D eigenvalue weighted by atomic mass is 10.2. The van der Waals surface area contributed by atoms with Crippen LogP contribution < -0.4 is 10.4 Å². The maximum atomic E-state index is 14.2. The third kappa shape index (κ3) is 2.58. The lowest BCUT2D eigenvalue weighted by molar-refractivity contribution is 0.0654. The number of hydrogen-bond donors (Lipinski definition) is 0. The number of aromatic nitrogens is 2. The van der Waals surface area contributed by atoms with E-state index in [1.807, 2.05) is 0 Å². The van der Waals surface area contributed by atoms with Crippen LogP contribution in [-0.4, -0.2) is 16.2 Å². The molecule has 0 bridgehead atoms. The van der Waals surface area contributed by atoms with Gasteiger partial charge in [-0.15, -0.1) is 0 Å². The van der Waals surface area contributed by atoms with Crippen LogP contribution in [0.5, 0.6) is 5.75 Å². The second-order valence-electron chi connectivity index (χ2n) is 4.12. The molecule has 0 fully saturated rings. The van der Waals surface area contributed by atoms with Gasteiger partial charge in [-0.25, -0.2) is 18.3 Å². The van der Waals surface area contributed by atoms with E-state index in [1.54, 1.807) is 0 Å². The van der Waals surface area contributed by atoms with E-state index < -0.39 is 35.1 Å². The van der Waals surface area contributed by atoms with Gasteiger partial charge in [-0.1, -0.05) is 0 Å². The fraction of sp³-hybridized carbons (Fsp3) is 0.154. The predicted octanol–water partition coefficient (Wildman–Crippen LogP) is 2.69. The highest BCUT2D eigenvalue weighted by atomic mass is 79.9. The summed E-state index contributed by atoms with van der Waals surface area (Å²) in [5.41, 5.74) is -3.44. The lowest BCUT2D eigenvalue weighted by Crippen LogP contribution is -2.25. The fourth-order valence-corrected chi connectivity index (χ4v) is 2.46. The van der Waals surface area contributed by atoms with Crippen LogP contribution >= 0.6 is 15.9 Å². The van der Waals surface area contributed by atoms with Crippen LogP contribution in [0.15, 0.2) is 21.4 Å². The smallest absolute Gasteiger partial charge is 0.339 e. The van der Waals surface area contributed by atoms with Crippen LogP contribution in [0.3, 0.4) is 0 Å². The molecule has 1 aromatic carbocycles. The molecule has 0 saturated heterocycles. The zero-order valence-electron chi connectivity index (χ0n) is 11.3. The molecule has 1 heterocycles. The van der Waals surface area contributed by atoms with Gasteiger partial charge < -0.3 is 4.74 Å². The topological polar surface area (TPSA) is 83.7 Å². The van der Waals surface area contributed by atoms with Crippen LogP contribution in [0.25, 0.3) is 5.69 Å². The number of nitrogens with zero attached hydrogens (tertiary/aromatic N) is 4. The Balaban J connectivity index is 2.94. The van der Waals surface area contributed by atoms with E-state index >= 15 is 0 Å². The second-order valence-corrected chi connectivity index (χ2v) is 4.98. The number of rotatable bonds is 3. The van der Waals surface area contributed by atoms with Gasteiger partial charge in [0, 0.05) is 6.07 Å². The molecule has 0 amide bonds.